The summed E-state index contributed by atoms with van der Waals surface area (Å²) in [4.78, 5) is 13.1. The fraction of sp³-hybridized carbons (Fsp3) is 0.900. The highest BCUT2D eigenvalue weighted by atomic mass is 16.6. The Kier molecular flexibility index (Phi) is 3.58. The van der Waals surface area contributed by atoms with Gasteiger partial charge >= 0.3 is 6.09 Å². The smallest absolute Gasteiger partial charge is 0.409 e. The van der Waals surface area contributed by atoms with E-state index >= 15 is 0 Å². The van der Waals surface area contributed by atoms with Crippen molar-refractivity contribution in [3.05, 3.63) is 0 Å². The van der Waals surface area contributed by atoms with Crippen molar-refractivity contribution in [1.82, 2.24) is 4.90 Å². The monoisotopic (exact) mass is 185 g/mol. The molecule has 1 saturated heterocycles. The Hall–Kier alpha value is -0.730. The molecular weight excluding hydrogens is 166 g/mol. The molecule has 1 aliphatic rings. The molecule has 0 spiro atoms. The minimum Gasteiger partial charge on any atom is -0.450 e. The topological polar surface area (TPSA) is 29.5 Å². The second kappa shape index (κ2) is 4.49. The van der Waals surface area contributed by atoms with E-state index in [0.717, 1.165) is 19.5 Å². The molecule has 1 heterocycles. The first-order valence-electron chi connectivity index (χ1n) is 5.06. The van der Waals surface area contributed by atoms with Gasteiger partial charge < -0.3 is 9.64 Å². The molecule has 0 aromatic carbocycles. The molecule has 0 N–H and O–H groups in total. The van der Waals surface area contributed by atoms with Crippen molar-refractivity contribution in [2.75, 3.05) is 19.7 Å². The normalized spacial score (nSPS) is 22.5. The highest BCUT2D eigenvalue weighted by Gasteiger charge is 2.28. The average molecular weight is 185 g/mol. The summed E-state index contributed by atoms with van der Waals surface area (Å²) in [5.41, 5.74) is 0. The van der Waals surface area contributed by atoms with Gasteiger partial charge in [0.1, 0.15) is 0 Å². The molecule has 0 bridgehead atoms. The number of hydrogen-bond acceptors (Lipinski definition) is 2. The van der Waals surface area contributed by atoms with Crippen molar-refractivity contribution in [2.45, 2.75) is 27.2 Å². The number of carbonyl (C=O) groups is 1. The average Bonchev–Trinajstić information content (AvgIpc) is 2.52. The predicted molar refractivity (Wildman–Crippen MR) is 51.5 cm³/mol. The predicted octanol–water partition coefficient (Wildman–Crippen LogP) is 2.12. The summed E-state index contributed by atoms with van der Waals surface area (Å²) in [6.07, 6.45) is 0.974. The minimum absolute atomic E-state index is 0.148. The van der Waals surface area contributed by atoms with Crippen LogP contribution in [0.4, 0.5) is 4.79 Å². The standard InChI is InChI=1S/C10H19NO2/c1-4-13-10(12)11-6-5-9(7-11)8(2)3/h8-9H,4-7H2,1-3H3/t9-/m1/s1. The lowest BCUT2D eigenvalue weighted by Gasteiger charge is -2.17. The maximum absolute atomic E-state index is 11.3. The van der Waals surface area contributed by atoms with E-state index < -0.39 is 0 Å². The van der Waals surface area contributed by atoms with E-state index in [-0.39, 0.29) is 6.09 Å². The molecule has 1 fully saturated rings. The second-order valence-electron chi connectivity index (χ2n) is 3.94. The number of hydrogen-bond donors (Lipinski definition) is 0. The third-order valence-electron chi connectivity index (χ3n) is 2.69. The van der Waals surface area contributed by atoms with Gasteiger partial charge in [0.25, 0.3) is 0 Å². The Morgan fingerprint density at radius 3 is 2.77 bits per heavy atom. The molecule has 3 nitrogen and oxygen atoms in total. The van der Waals surface area contributed by atoms with Gasteiger partial charge in [0.05, 0.1) is 6.61 Å². The fourth-order valence-corrected chi connectivity index (χ4v) is 1.71. The van der Waals surface area contributed by atoms with E-state index in [0.29, 0.717) is 18.4 Å². The van der Waals surface area contributed by atoms with Crippen LogP contribution < -0.4 is 0 Å². The van der Waals surface area contributed by atoms with Crippen molar-refractivity contribution in [1.29, 1.82) is 0 Å². The Balaban J connectivity index is 2.36. The molecule has 13 heavy (non-hydrogen) atoms. The highest BCUT2D eigenvalue weighted by Crippen LogP contribution is 2.23. The molecule has 1 aliphatic heterocycles. The van der Waals surface area contributed by atoms with E-state index in [1.807, 2.05) is 11.8 Å². The summed E-state index contributed by atoms with van der Waals surface area (Å²) in [5, 5.41) is 0. The summed E-state index contributed by atoms with van der Waals surface area (Å²) in [6, 6.07) is 0. The third-order valence-corrected chi connectivity index (χ3v) is 2.69. The lowest BCUT2D eigenvalue weighted by Crippen LogP contribution is -2.29. The molecule has 3 heteroatoms. The number of rotatable bonds is 2. The Bertz CT molecular complexity index is 180. The molecular formula is C10H19NO2. The SMILES string of the molecule is CCOC(=O)N1CC[C@@H](C(C)C)C1. The molecule has 0 radical (unpaired) electrons. The highest BCUT2D eigenvalue weighted by molar-refractivity contribution is 5.67. The molecule has 0 aromatic rings. The van der Waals surface area contributed by atoms with Gasteiger partial charge in [-0.15, -0.1) is 0 Å². The van der Waals surface area contributed by atoms with E-state index in [9.17, 15) is 4.79 Å². The number of carbonyl (C=O) groups excluding carboxylic acids is 1. The third kappa shape index (κ3) is 2.61. The van der Waals surface area contributed by atoms with Crippen LogP contribution in [-0.4, -0.2) is 30.7 Å². The first-order chi connectivity index (χ1) is 6.15. The second-order valence-corrected chi connectivity index (χ2v) is 3.94. The van der Waals surface area contributed by atoms with Gasteiger partial charge in [-0.3, -0.25) is 0 Å². The zero-order valence-electron chi connectivity index (χ0n) is 8.75. The maximum Gasteiger partial charge on any atom is 0.409 e. The van der Waals surface area contributed by atoms with Crippen LogP contribution in [0, 0.1) is 11.8 Å². The van der Waals surface area contributed by atoms with Crippen LogP contribution in [0.3, 0.4) is 0 Å². The molecule has 1 atom stereocenters. The molecule has 0 aromatic heterocycles. The zero-order valence-corrected chi connectivity index (χ0v) is 8.75. The summed E-state index contributed by atoms with van der Waals surface area (Å²) >= 11 is 0. The number of nitrogens with zero attached hydrogens (tertiary/aromatic N) is 1. The van der Waals surface area contributed by atoms with Crippen molar-refractivity contribution >= 4 is 6.09 Å². The van der Waals surface area contributed by atoms with Gasteiger partial charge in [-0.25, -0.2) is 4.79 Å². The molecule has 0 unspecified atom stereocenters. The lowest BCUT2D eigenvalue weighted by molar-refractivity contribution is 0.113. The van der Waals surface area contributed by atoms with Gasteiger partial charge in [-0.1, -0.05) is 13.8 Å². The van der Waals surface area contributed by atoms with E-state index in [4.69, 9.17) is 4.74 Å². The van der Waals surface area contributed by atoms with Crippen LogP contribution >= 0.6 is 0 Å². The van der Waals surface area contributed by atoms with Gasteiger partial charge in [0.15, 0.2) is 0 Å². The summed E-state index contributed by atoms with van der Waals surface area (Å²) in [6.45, 7) is 8.46. The number of amides is 1. The van der Waals surface area contributed by atoms with Crippen LogP contribution in [-0.2, 0) is 4.74 Å². The van der Waals surface area contributed by atoms with Crippen LogP contribution in [0.25, 0.3) is 0 Å². The van der Waals surface area contributed by atoms with Crippen molar-refractivity contribution in [3.63, 3.8) is 0 Å². The molecule has 1 amide bonds. The van der Waals surface area contributed by atoms with Gasteiger partial charge in [-0.2, -0.15) is 0 Å². The Morgan fingerprint density at radius 1 is 1.62 bits per heavy atom. The van der Waals surface area contributed by atoms with E-state index in [2.05, 4.69) is 13.8 Å². The molecule has 0 saturated carbocycles. The van der Waals surface area contributed by atoms with Gasteiger partial charge in [0.2, 0.25) is 0 Å². The molecule has 76 valence electrons. The van der Waals surface area contributed by atoms with Crippen LogP contribution in [0.1, 0.15) is 27.2 Å². The Labute approximate surface area is 80.1 Å². The molecule has 0 aliphatic carbocycles. The zero-order chi connectivity index (χ0) is 9.84. The van der Waals surface area contributed by atoms with Crippen molar-refractivity contribution in [3.8, 4) is 0 Å². The minimum atomic E-state index is -0.148. The quantitative estimate of drug-likeness (QED) is 0.659. The lowest BCUT2D eigenvalue weighted by atomic mass is 9.95. The first kappa shape index (κ1) is 10.4. The molecule has 1 rings (SSSR count). The van der Waals surface area contributed by atoms with Gasteiger partial charge in [0, 0.05) is 13.1 Å². The Morgan fingerprint density at radius 2 is 2.31 bits per heavy atom. The number of ether oxygens (including phenoxy) is 1. The van der Waals surface area contributed by atoms with Crippen LogP contribution in [0.2, 0.25) is 0 Å². The largest absolute Gasteiger partial charge is 0.450 e. The van der Waals surface area contributed by atoms with Crippen LogP contribution in [0.5, 0.6) is 0 Å². The maximum atomic E-state index is 11.3. The summed E-state index contributed by atoms with van der Waals surface area (Å²) < 4.78 is 4.94. The van der Waals surface area contributed by atoms with Crippen LogP contribution in [0.15, 0.2) is 0 Å². The van der Waals surface area contributed by atoms with Crippen molar-refractivity contribution in [2.24, 2.45) is 11.8 Å². The van der Waals surface area contributed by atoms with Gasteiger partial charge in [-0.05, 0) is 25.2 Å². The van der Waals surface area contributed by atoms with Crippen molar-refractivity contribution < 1.29 is 9.53 Å². The fourth-order valence-electron chi connectivity index (χ4n) is 1.71. The van der Waals surface area contributed by atoms with E-state index in [1.165, 1.54) is 0 Å². The summed E-state index contributed by atoms with van der Waals surface area (Å²) in [5.74, 6) is 1.32. The van der Waals surface area contributed by atoms with E-state index in [1.54, 1.807) is 0 Å². The first-order valence-corrected chi connectivity index (χ1v) is 5.06. The summed E-state index contributed by atoms with van der Waals surface area (Å²) in [7, 11) is 0. The number of likely N-dealkylation sites (tertiary alicyclic amines) is 1.